The number of primary amides is 1. The SMILES string of the molecule is CCC(C)NC(N)=O.O=C=NC(=O)c1ccccc1. The van der Waals surface area contributed by atoms with Crippen LogP contribution in [0.15, 0.2) is 35.3 Å². The summed E-state index contributed by atoms with van der Waals surface area (Å²) in [6, 6.07) is 8.11. The number of aliphatic imine (C=N–C) groups is 1. The molecular formula is C13H17N3O3. The molecule has 102 valence electrons. The van der Waals surface area contributed by atoms with E-state index in [9.17, 15) is 14.4 Å². The van der Waals surface area contributed by atoms with Crippen molar-refractivity contribution >= 4 is 18.0 Å². The normalized spacial score (nSPS) is 10.2. The van der Waals surface area contributed by atoms with Crippen molar-refractivity contribution in [3.05, 3.63) is 35.9 Å². The zero-order valence-electron chi connectivity index (χ0n) is 10.9. The molecule has 0 aromatic heterocycles. The number of nitrogens with two attached hydrogens (primary N) is 1. The molecule has 1 unspecified atom stereocenters. The van der Waals surface area contributed by atoms with Crippen molar-refractivity contribution in [3.8, 4) is 0 Å². The molecule has 6 heteroatoms. The van der Waals surface area contributed by atoms with Crippen LogP contribution in [0, 0.1) is 0 Å². The number of hydrogen-bond acceptors (Lipinski definition) is 3. The van der Waals surface area contributed by atoms with Gasteiger partial charge in [-0.25, -0.2) is 9.59 Å². The van der Waals surface area contributed by atoms with Gasteiger partial charge in [-0.1, -0.05) is 25.1 Å². The van der Waals surface area contributed by atoms with E-state index in [2.05, 4.69) is 10.3 Å². The topological polar surface area (TPSA) is 102 Å². The van der Waals surface area contributed by atoms with Crippen molar-refractivity contribution in [2.75, 3.05) is 0 Å². The molecule has 1 rings (SSSR count). The highest BCUT2D eigenvalue weighted by atomic mass is 16.2. The molecule has 1 aromatic carbocycles. The van der Waals surface area contributed by atoms with Crippen LogP contribution in [0.2, 0.25) is 0 Å². The first-order chi connectivity index (χ1) is 9.01. The fourth-order valence-corrected chi connectivity index (χ4v) is 1.03. The number of nitrogens with one attached hydrogen (secondary N) is 1. The summed E-state index contributed by atoms with van der Waals surface area (Å²) >= 11 is 0. The smallest absolute Gasteiger partial charge is 0.312 e. The van der Waals surface area contributed by atoms with Crippen molar-refractivity contribution in [2.24, 2.45) is 10.7 Å². The highest BCUT2D eigenvalue weighted by Gasteiger charge is 1.99. The summed E-state index contributed by atoms with van der Waals surface area (Å²) in [4.78, 5) is 33.5. The van der Waals surface area contributed by atoms with Crippen LogP contribution in [-0.4, -0.2) is 24.1 Å². The fourth-order valence-electron chi connectivity index (χ4n) is 1.03. The number of urea groups is 1. The molecular weight excluding hydrogens is 246 g/mol. The summed E-state index contributed by atoms with van der Waals surface area (Å²) in [5, 5.41) is 2.53. The van der Waals surface area contributed by atoms with Gasteiger partial charge in [0.15, 0.2) is 0 Å². The van der Waals surface area contributed by atoms with E-state index in [0.717, 1.165) is 6.42 Å². The molecule has 0 radical (unpaired) electrons. The van der Waals surface area contributed by atoms with Gasteiger partial charge < -0.3 is 11.1 Å². The minimum absolute atomic E-state index is 0.201. The lowest BCUT2D eigenvalue weighted by molar-refractivity contribution is 0.100. The molecule has 1 aromatic rings. The Morgan fingerprint density at radius 1 is 1.37 bits per heavy atom. The quantitative estimate of drug-likeness (QED) is 0.639. The Morgan fingerprint density at radius 3 is 2.32 bits per heavy atom. The number of carbonyl (C=O) groups is 2. The lowest BCUT2D eigenvalue weighted by Gasteiger charge is -2.06. The highest BCUT2D eigenvalue weighted by Crippen LogP contribution is 1.99. The van der Waals surface area contributed by atoms with Crippen LogP contribution in [0.3, 0.4) is 0 Å². The number of amides is 3. The molecule has 3 amide bonds. The van der Waals surface area contributed by atoms with Gasteiger partial charge in [-0.15, -0.1) is 4.99 Å². The van der Waals surface area contributed by atoms with Crippen LogP contribution >= 0.6 is 0 Å². The van der Waals surface area contributed by atoms with Crippen LogP contribution in [0.5, 0.6) is 0 Å². The van der Waals surface area contributed by atoms with Crippen LogP contribution in [0.4, 0.5) is 4.79 Å². The minimum atomic E-state index is -0.555. The van der Waals surface area contributed by atoms with E-state index in [-0.39, 0.29) is 6.04 Å². The van der Waals surface area contributed by atoms with Crippen molar-refractivity contribution in [1.82, 2.24) is 5.32 Å². The predicted molar refractivity (Wildman–Crippen MR) is 71.4 cm³/mol. The standard InChI is InChI=1S/C8H5NO2.C5H12N2O/c10-6-9-8(11)7-4-2-1-3-5-7;1-3-4(2)7-5(6)8/h1-5H;4H,3H2,1-2H3,(H3,6,7,8). The van der Waals surface area contributed by atoms with E-state index < -0.39 is 11.9 Å². The average Bonchev–Trinajstić information content (AvgIpc) is 2.40. The number of rotatable bonds is 3. The van der Waals surface area contributed by atoms with E-state index in [1.807, 2.05) is 13.8 Å². The zero-order chi connectivity index (χ0) is 14.7. The Labute approximate surface area is 111 Å². The minimum Gasteiger partial charge on any atom is -0.352 e. The van der Waals surface area contributed by atoms with Crippen LogP contribution in [0.25, 0.3) is 0 Å². The maximum atomic E-state index is 10.8. The van der Waals surface area contributed by atoms with Gasteiger partial charge in [0, 0.05) is 11.6 Å². The third kappa shape index (κ3) is 8.29. The fraction of sp³-hybridized carbons (Fsp3) is 0.308. The van der Waals surface area contributed by atoms with Gasteiger partial charge in [0.1, 0.15) is 0 Å². The summed E-state index contributed by atoms with van der Waals surface area (Å²) in [5.41, 5.74) is 5.22. The zero-order valence-corrected chi connectivity index (χ0v) is 10.9. The van der Waals surface area contributed by atoms with Crippen LogP contribution in [0.1, 0.15) is 30.6 Å². The number of carbonyl (C=O) groups excluding carboxylic acids is 3. The van der Waals surface area contributed by atoms with Crippen molar-refractivity contribution < 1.29 is 14.4 Å². The largest absolute Gasteiger partial charge is 0.352 e. The van der Waals surface area contributed by atoms with Gasteiger partial charge in [-0.2, -0.15) is 0 Å². The van der Waals surface area contributed by atoms with Crippen LogP contribution < -0.4 is 11.1 Å². The molecule has 0 fully saturated rings. The Balaban J connectivity index is 0.000000362. The molecule has 0 aliphatic heterocycles. The molecule has 0 aliphatic carbocycles. The highest BCUT2D eigenvalue weighted by molar-refractivity contribution is 5.97. The predicted octanol–water partition coefficient (Wildman–Crippen LogP) is 1.62. The molecule has 3 N–H and O–H groups in total. The van der Waals surface area contributed by atoms with Gasteiger partial charge in [-0.3, -0.25) is 4.79 Å². The first kappa shape index (κ1) is 16.5. The Morgan fingerprint density at radius 2 is 1.95 bits per heavy atom. The van der Waals surface area contributed by atoms with Gasteiger partial charge in [-0.05, 0) is 25.5 Å². The second-order valence-corrected chi connectivity index (χ2v) is 3.69. The number of isocyanates is 1. The van der Waals surface area contributed by atoms with Gasteiger partial charge in [0.25, 0.3) is 5.91 Å². The van der Waals surface area contributed by atoms with Crippen molar-refractivity contribution in [3.63, 3.8) is 0 Å². The van der Waals surface area contributed by atoms with Gasteiger partial charge in [0.05, 0.1) is 0 Å². The summed E-state index contributed by atoms with van der Waals surface area (Å²) in [6.45, 7) is 3.89. The second-order valence-electron chi connectivity index (χ2n) is 3.69. The molecule has 0 aliphatic rings. The third-order valence-electron chi connectivity index (χ3n) is 2.17. The summed E-state index contributed by atoms with van der Waals surface area (Å²) in [6.07, 6.45) is 2.11. The number of nitrogens with zero attached hydrogens (tertiary/aromatic N) is 1. The van der Waals surface area contributed by atoms with E-state index >= 15 is 0 Å². The van der Waals surface area contributed by atoms with Crippen molar-refractivity contribution in [1.29, 1.82) is 0 Å². The van der Waals surface area contributed by atoms with E-state index in [0.29, 0.717) is 5.56 Å². The van der Waals surface area contributed by atoms with E-state index in [1.165, 1.54) is 6.08 Å². The molecule has 0 spiro atoms. The number of benzene rings is 1. The second kappa shape index (κ2) is 9.56. The molecule has 0 heterocycles. The van der Waals surface area contributed by atoms with E-state index in [1.54, 1.807) is 30.3 Å². The Bertz CT molecular complexity index is 453. The summed E-state index contributed by atoms with van der Waals surface area (Å²) in [5.74, 6) is -0.555. The first-order valence-electron chi connectivity index (χ1n) is 5.74. The molecule has 6 nitrogen and oxygen atoms in total. The van der Waals surface area contributed by atoms with Crippen LogP contribution in [-0.2, 0) is 4.79 Å². The first-order valence-corrected chi connectivity index (χ1v) is 5.74. The molecule has 0 saturated heterocycles. The molecule has 1 atom stereocenters. The summed E-state index contributed by atoms with van der Waals surface area (Å²) in [7, 11) is 0. The van der Waals surface area contributed by atoms with E-state index in [4.69, 9.17) is 5.73 Å². The maximum absolute atomic E-state index is 10.8. The monoisotopic (exact) mass is 263 g/mol. The van der Waals surface area contributed by atoms with Gasteiger partial charge >= 0.3 is 6.03 Å². The lowest BCUT2D eigenvalue weighted by Crippen LogP contribution is -2.36. The van der Waals surface area contributed by atoms with Crippen molar-refractivity contribution in [2.45, 2.75) is 26.3 Å². The third-order valence-corrected chi connectivity index (χ3v) is 2.17. The summed E-state index contributed by atoms with van der Waals surface area (Å²) < 4.78 is 0. The molecule has 0 bridgehead atoms. The Hall–Kier alpha value is -2.46. The maximum Gasteiger partial charge on any atom is 0.312 e. The Kier molecular flexibility index (Phi) is 8.32. The molecule has 19 heavy (non-hydrogen) atoms. The lowest BCUT2D eigenvalue weighted by atomic mass is 10.2. The molecule has 0 saturated carbocycles. The van der Waals surface area contributed by atoms with Gasteiger partial charge in [0.2, 0.25) is 6.08 Å². The number of hydrogen-bond donors (Lipinski definition) is 2. The average molecular weight is 263 g/mol.